The van der Waals surface area contributed by atoms with Gasteiger partial charge in [-0.25, -0.2) is 0 Å². The van der Waals surface area contributed by atoms with Crippen molar-refractivity contribution in [2.75, 3.05) is 6.54 Å². The molecule has 0 aromatic heterocycles. The minimum Gasteiger partial charge on any atom is -0.387 e. The zero-order valence-electron chi connectivity index (χ0n) is 13.0. The molecule has 0 radical (unpaired) electrons. The third-order valence-corrected chi connectivity index (χ3v) is 6.74. The summed E-state index contributed by atoms with van der Waals surface area (Å²) in [5.41, 5.74) is 1.21. The molecule has 5 rings (SSSR count). The summed E-state index contributed by atoms with van der Waals surface area (Å²) in [7, 11) is 0. The lowest BCUT2D eigenvalue weighted by atomic mass is 9.49. The smallest absolute Gasteiger partial charge is 0.0962 e. The van der Waals surface area contributed by atoms with Gasteiger partial charge in [-0.2, -0.15) is 0 Å². The summed E-state index contributed by atoms with van der Waals surface area (Å²) in [6.07, 6.45) is 7.69. The van der Waals surface area contributed by atoms with Crippen LogP contribution in [0.5, 0.6) is 0 Å². The zero-order valence-corrected chi connectivity index (χ0v) is 13.8. The molecule has 0 heterocycles. The zero-order chi connectivity index (χ0) is 15.2. The Morgan fingerprint density at radius 1 is 1.09 bits per heavy atom. The van der Waals surface area contributed by atoms with E-state index in [-0.39, 0.29) is 5.41 Å². The average molecular weight is 315 g/mol. The van der Waals surface area contributed by atoms with Gasteiger partial charge in [-0.3, -0.25) is 0 Å². The SMILES string of the molecule is OC(CNC(=S)C12CC3CC(CC(C3)C1)C2)c1ccccc1. The third-order valence-electron chi connectivity index (χ3n) is 6.16. The van der Waals surface area contributed by atoms with Crippen LogP contribution in [0.2, 0.25) is 0 Å². The number of hydrogen-bond acceptors (Lipinski definition) is 2. The molecule has 2 N–H and O–H groups in total. The number of hydrogen-bond donors (Lipinski definition) is 2. The van der Waals surface area contributed by atoms with Crippen LogP contribution >= 0.6 is 12.2 Å². The van der Waals surface area contributed by atoms with E-state index in [2.05, 4.69) is 5.32 Å². The molecule has 1 aromatic carbocycles. The van der Waals surface area contributed by atoms with Crippen LogP contribution in [-0.4, -0.2) is 16.6 Å². The molecule has 0 spiro atoms. The van der Waals surface area contributed by atoms with Crippen molar-refractivity contribution in [1.82, 2.24) is 5.32 Å². The molecule has 4 bridgehead atoms. The van der Waals surface area contributed by atoms with Gasteiger partial charge in [0.1, 0.15) is 0 Å². The Kier molecular flexibility index (Phi) is 3.74. The van der Waals surface area contributed by atoms with Crippen molar-refractivity contribution in [2.45, 2.75) is 44.6 Å². The average Bonchev–Trinajstić information content (AvgIpc) is 2.51. The molecule has 2 nitrogen and oxygen atoms in total. The van der Waals surface area contributed by atoms with Crippen molar-refractivity contribution >= 4 is 17.2 Å². The van der Waals surface area contributed by atoms with E-state index >= 15 is 0 Å². The summed E-state index contributed by atoms with van der Waals surface area (Å²) in [6.45, 7) is 0.532. The van der Waals surface area contributed by atoms with Crippen LogP contribution in [0.1, 0.15) is 50.2 Å². The van der Waals surface area contributed by atoms with Crippen molar-refractivity contribution in [3.8, 4) is 0 Å². The Morgan fingerprint density at radius 3 is 2.18 bits per heavy atom. The maximum absolute atomic E-state index is 10.3. The van der Waals surface area contributed by atoms with E-state index in [0.29, 0.717) is 6.54 Å². The second-order valence-corrected chi connectivity index (χ2v) is 8.24. The summed E-state index contributed by atoms with van der Waals surface area (Å²) >= 11 is 5.79. The number of nitrogens with one attached hydrogen (secondary N) is 1. The van der Waals surface area contributed by atoms with Crippen molar-refractivity contribution in [2.24, 2.45) is 23.2 Å². The van der Waals surface area contributed by atoms with Gasteiger partial charge in [0.25, 0.3) is 0 Å². The summed E-state index contributed by atoms with van der Waals surface area (Å²) in [5, 5.41) is 13.7. The van der Waals surface area contributed by atoms with Crippen LogP contribution in [0.4, 0.5) is 0 Å². The molecule has 3 heteroatoms. The summed E-state index contributed by atoms with van der Waals surface area (Å²) in [6, 6.07) is 9.86. The molecule has 4 fully saturated rings. The highest BCUT2D eigenvalue weighted by molar-refractivity contribution is 7.80. The topological polar surface area (TPSA) is 32.3 Å². The Morgan fingerprint density at radius 2 is 1.64 bits per heavy atom. The first-order valence-corrected chi connectivity index (χ1v) is 9.07. The van der Waals surface area contributed by atoms with Gasteiger partial charge in [0.15, 0.2) is 0 Å². The fourth-order valence-corrected chi connectivity index (χ4v) is 5.89. The van der Waals surface area contributed by atoms with Crippen LogP contribution in [0.3, 0.4) is 0 Å². The molecule has 4 saturated carbocycles. The first kappa shape index (κ1) is 14.6. The lowest BCUT2D eigenvalue weighted by Crippen LogP contribution is -2.53. The van der Waals surface area contributed by atoms with Gasteiger partial charge in [-0.05, 0) is 61.8 Å². The molecule has 4 aliphatic carbocycles. The summed E-state index contributed by atoms with van der Waals surface area (Å²) < 4.78 is 0. The first-order valence-electron chi connectivity index (χ1n) is 8.66. The Balaban J connectivity index is 1.40. The van der Waals surface area contributed by atoms with E-state index in [1.54, 1.807) is 0 Å². The molecule has 118 valence electrons. The maximum atomic E-state index is 10.3. The van der Waals surface area contributed by atoms with E-state index in [4.69, 9.17) is 12.2 Å². The predicted octanol–water partition coefficient (Wildman–Crippen LogP) is 3.85. The van der Waals surface area contributed by atoms with Gasteiger partial charge in [0.05, 0.1) is 11.1 Å². The van der Waals surface area contributed by atoms with Gasteiger partial charge < -0.3 is 10.4 Å². The molecule has 1 atom stereocenters. The van der Waals surface area contributed by atoms with Crippen molar-refractivity contribution in [3.63, 3.8) is 0 Å². The fourth-order valence-electron chi connectivity index (χ4n) is 5.56. The number of rotatable bonds is 4. The highest BCUT2D eigenvalue weighted by atomic mass is 32.1. The fraction of sp³-hybridized carbons (Fsp3) is 0.632. The molecular formula is C19H25NOS. The van der Waals surface area contributed by atoms with E-state index in [0.717, 1.165) is 28.3 Å². The maximum Gasteiger partial charge on any atom is 0.0962 e. The number of thiocarbonyl (C=S) groups is 1. The van der Waals surface area contributed by atoms with Crippen LogP contribution in [0.15, 0.2) is 30.3 Å². The number of aliphatic hydroxyl groups excluding tert-OH is 1. The molecule has 0 amide bonds. The summed E-state index contributed by atoms with van der Waals surface area (Å²) in [4.78, 5) is 1.03. The standard InChI is InChI=1S/C19H25NOS/c21-17(16-4-2-1-3-5-16)12-20-18(22)19-9-13-6-14(10-19)8-15(7-13)11-19/h1-5,13-15,17,21H,6-12H2,(H,20,22). The normalized spacial score (nSPS) is 37.0. The quantitative estimate of drug-likeness (QED) is 0.828. The number of benzene rings is 1. The third kappa shape index (κ3) is 2.59. The Bertz CT molecular complexity index is 521. The summed E-state index contributed by atoms with van der Waals surface area (Å²) in [5.74, 6) is 2.72. The van der Waals surface area contributed by atoms with E-state index in [9.17, 15) is 5.11 Å². The van der Waals surface area contributed by atoms with E-state index in [1.807, 2.05) is 30.3 Å². The Hall–Kier alpha value is -0.930. The Labute approximate surface area is 138 Å². The van der Waals surface area contributed by atoms with E-state index < -0.39 is 6.10 Å². The van der Waals surface area contributed by atoms with Crippen molar-refractivity contribution in [3.05, 3.63) is 35.9 Å². The first-order chi connectivity index (χ1) is 10.6. The predicted molar refractivity (Wildman–Crippen MR) is 92.6 cm³/mol. The van der Waals surface area contributed by atoms with Gasteiger partial charge >= 0.3 is 0 Å². The van der Waals surface area contributed by atoms with Crippen LogP contribution in [-0.2, 0) is 0 Å². The highest BCUT2D eigenvalue weighted by Gasteiger charge is 2.52. The van der Waals surface area contributed by atoms with Gasteiger partial charge in [0, 0.05) is 12.0 Å². The minimum atomic E-state index is -0.479. The van der Waals surface area contributed by atoms with E-state index in [1.165, 1.54) is 38.5 Å². The monoisotopic (exact) mass is 315 g/mol. The van der Waals surface area contributed by atoms with Crippen LogP contribution < -0.4 is 5.32 Å². The lowest BCUT2D eigenvalue weighted by molar-refractivity contribution is -0.0129. The molecule has 1 aromatic rings. The molecule has 0 saturated heterocycles. The van der Waals surface area contributed by atoms with Crippen molar-refractivity contribution < 1.29 is 5.11 Å². The molecule has 1 unspecified atom stereocenters. The minimum absolute atomic E-state index is 0.250. The molecular weight excluding hydrogens is 290 g/mol. The molecule has 4 aliphatic rings. The second-order valence-electron chi connectivity index (χ2n) is 7.83. The van der Waals surface area contributed by atoms with Crippen molar-refractivity contribution in [1.29, 1.82) is 0 Å². The molecule has 0 aliphatic heterocycles. The van der Waals surface area contributed by atoms with Gasteiger partial charge in [-0.1, -0.05) is 42.5 Å². The van der Waals surface area contributed by atoms with Crippen LogP contribution in [0, 0.1) is 23.2 Å². The highest BCUT2D eigenvalue weighted by Crippen LogP contribution is 2.60. The second kappa shape index (κ2) is 5.61. The number of aliphatic hydroxyl groups is 1. The van der Waals surface area contributed by atoms with Gasteiger partial charge in [0.2, 0.25) is 0 Å². The lowest BCUT2D eigenvalue weighted by Gasteiger charge is -2.57. The molecule has 22 heavy (non-hydrogen) atoms. The largest absolute Gasteiger partial charge is 0.387 e. The van der Waals surface area contributed by atoms with Crippen LogP contribution in [0.25, 0.3) is 0 Å². The van der Waals surface area contributed by atoms with Gasteiger partial charge in [-0.15, -0.1) is 0 Å².